The van der Waals surface area contributed by atoms with Crippen molar-refractivity contribution in [1.29, 1.82) is 0 Å². The fourth-order valence-corrected chi connectivity index (χ4v) is 3.24. The summed E-state index contributed by atoms with van der Waals surface area (Å²) in [5, 5.41) is 3.52. The average molecular weight is 297 g/mol. The van der Waals surface area contributed by atoms with Gasteiger partial charge in [-0.1, -0.05) is 27.2 Å². The van der Waals surface area contributed by atoms with Gasteiger partial charge in [-0.15, -0.1) is 0 Å². The quantitative estimate of drug-likeness (QED) is 0.769. The second-order valence-electron chi connectivity index (χ2n) is 6.29. The highest BCUT2D eigenvalue weighted by Crippen LogP contribution is 2.21. The van der Waals surface area contributed by atoms with E-state index >= 15 is 0 Å². The van der Waals surface area contributed by atoms with Crippen LogP contribution in [0.15, 0.2) is 0 Å². The van der Waals surface area contributed by atoms with Crippen LogP contribution in [0.1, 0.15) is 40.0 Å². The van der Waals surface area contributed by atoms with Crippen LogP contribution in [0.25, 0.3) is 0 Å². The molecule has 0 spiro atoms. The summed E-state index contributed by atoms with van der Waals surface area (Å²) in [6.45, 7) is 12.2. The molecule has 122 valence electrons. The minimum atomic E-state index is 0.0170. The molecule has 0 aromatic heterocycles. The number of hydrogen-bond donors (Lipinski definition) is 1. The first-order chi connectivity index (χ1) is 10.2. The lowest BCUT2D eigenvalue weighted by Gasteiger charge is -2.28. The Hall–Kier alpha value is -0.650. The van der Waals surface area contributed by atoms with E-state index in [1.165, 1.54) is 0 Å². The number of hydrogen-bond acceptors (Lipinski definition) is 4. The second-order valence-corrected chi connectivity index (χ2v) is 6.29. The van der Waals surface area contributed by atoms with Gasteiger partial charge in [0, 0.05) is 26.2 Å². The van der Waals surface area contributed by atoms with Crippen molar-refractivity contribution in [2.75, 3.05) is 39.4 Å². The zero-order chi connectivity index (χ0) is 15.2. The van der Waals surface area contributed by atoms with E-state index in [1.807, 2.05) is 0 Å². The van der Waals surface area contributed by atoms with E-state index in [9.17, 15) is 4.79 Å². The van der Waals surface area contributed by atoms with Crippen molar-refractivity contribution >= 4 is 5.91 Å². The zero-order valence-electron chi connectivity index (χ0n) is 13.8. The fourth-order valence-electron chi connectivity index (χ4n) is 3.24. The highest BCUT2D eigenvalue weighted by molar-refractivity contribution is 5.84. The van der Waals surface area contributed by atoms with Gasteiger partial charge in [-0.3, -0.25) is 15.0 Å². The highest BCUT2D eigenvalue weighted by Gasteiger charge is 2.39. The van der Waals surface area contributed by atoms with E-state index in [2.05, 4.69) is 35.9 Å². The maximum absolute atomic E-state index is 12.6. The number of carbonyl (C=O) groups excluding carboxylic acids is 1. The van der Waals surface area contributed by atoms with Crippen LogP contribution in [-0.2, 0) is 9.53 Å². The molecule has 2 fully saturated rings. The average Bonchev–Trinajstić information content (AvgIpc) is 2.84. The Kier molecular flexibility index (Phi) is 6.45. The summed E-state index contributed by atoms with van der Waals surface area (Å²) in [6.07, 6.45) is 3.30. The molecule has 0 aromatic carbocycles. The van der Waals surface area contributed by atoms with Crippen molar-refractivity contribution < 1.29 is 9.53 Å². The number of nitrogens with one attached hydrogen (secondary N) is 1. The number of carbonyl (C=O) groups is 1. The first-order valence-corrected chi connectivity index (χ1v) is 8.54. The van der Waals surface area contributed by atoms with Gasteiger partial charge in [0.25, 0.3) is 0 Å². The van der Waals surface area contributed by atoms with Crippen LogP contribution in [0.3, 0.4) is 0 Å². The van der Waals surface area contributed by atoms with Crippen LogP contribution in [0.4, 0.5) is 0 Å². The zero-order valence-corrected chi connectivity index (χ0v) is 13.8. The van der Waals surface area contributed by atoms with E-state index < -0.39 is 0 Å². The van der Waals surface area contributed by atoms with E-state index in [-0.39, 0.29) is 12.2 Å². The summed E-state index contributed by atoms with van der Waals surface area (Å²) in [4.78, 5) is 17.1. The van der Waals surface area contributed by atoms with E-state index in [1.54, 1.807) is 0 Å². The van der Waals surface area contributed by atoms with E-state index in [4.69, 9.17) is 4.74 Å². The summed E-state index contributed by atoms with van der Waals surface area (Å²) in [6, 6.07) is 0.0170. The molecule has 0 aromatic rings. The third kappa shape index (κ3) is 4.18. The Morgan fingerprint density at radius 2 is 2.00 bits per heavy atom. The number of nitrogens with zero attached hydrogens (tertiary/aromatic N) is 2. The molecule has 3 atom stereocenters. The molecule has 0 aliphatic carbocycles. The van der Waals surface area contributed by atoms with Crippen molar-refractivity contribution in [3.05, 3.63) is 0 Å². The standard InChI is InChI=1S/C16H31N3O2/c1-4-13(3)15-16(20)19(14(5-2)17-15)8-6-7-18-9-11-21-12-10-18/h13-15,17H,4-12H2,1-3H3. The molecule has 2 heterocycles. The molecule has 0 radical (unpaired) electrons. The van der Waals surface area contributed by atoms with Crippen LogP contribution in [0.5, 0.6) is 0 Å². The predicted molar refractivity (Wildman–Crippen MR) is 84.0 cm³/mol. The molecule has 5 nitrogen and oxygen atoms in total. The summed E-state index contributed by atoms with van der Waals surface area (Å²) in [5.41, 5.74) is 0. The molecule has 5 heteroatoms. The molecule has 2 saturated heterocycles. The van der Waals surface area contributed by atoms with Crippen molar-refractivity contribution in [2.24, 2.45) is 5.92 Å². The second kappa shape index (κ2) is 8.11. The van der Waals surface area contributed by atoms with Gasteiger partial charge in [-0.25, -0.2) is 0 Å². The molecule has 0 saturated carbocycles. The van der Waals surface area contributed by atoms with Crippen LogP contribution in [0.2, 0.25) is 0 Å². The summed E-state index contributed by atoms with van der Waals surface area (Å²) in [5.74, 6) is 0.717. The van der Waals surface area contributed by atoms with Gasteiger partial charge in [0.05, 0.1) is 25.4 Å². The first kappa shape index (κ1) is 16.7. The summed E-state index contributed by atoms with van der Waals surface area (Å²) < 4.78 is 5.37. The number of morpholine rings is 1. The Labute approximate surface area is 129 Å². The lowest BCUT2D eigenvalue weighted by Crippen LogP contribution is -2.41. The Morgan fingerprint density at radius 1 is 1.29 bits per heavy atom. The Bertz CT molecular complexity index is 331. The molecule has 2 aliphatic heterocycles. The minimum absolute atomic E-state index is 0.0170. The molecule has 0 bridgehead atoms. The molecule has 2 rings (SSSR count). The van der Waals surface area contributed by atoms with Gasteiger partial charge in [0.2, 0.25) is 5.91 Å². The largest absolute Gasteiger partial charge is 0.379 e. The fraction of sp³-hybridized carbons (Fsp3) is 0.938. The minimum Gasteiger partial charge on any atom is -0.379 e. The van der Waals surface area contributed by atoms with E-state index in [0.717, 1.165) is 58.7 Å². The van der Waals surface area contributed by atoms with E-state index in [0.29, 0.717) is 11.8 Å². The van der Waals surface area contributed by atoms with Gasteiger partial charge < -0.3 is 9.64 Å². The number of rotatable bonds is 7. The number of amides is 1. The molecular weight excluding hydrogens is 266 g/mol. The Balaban J connectivity index is 1.81. The lowest BCUT2D eigenvalue weighted by molar-refractivity contribution is -0.131. The summed E-state index contributed by atoms with van der Waals surface area (Å²) in [7, 11) is 0. The van der Waals surface area contributed by atoms with Gasteiger partial charge in [-0.05, 0) is 18.8 Å². The van der Waals surface area contributed by atoms with Gasteiger partial charge >= 0.3 is 0 Å². The topological polar surface area (TPSA) is 44.8 Å². The molecule has 21 heavy (non-hydrogen) atoms. The van der Waals surface area contributed by atoms with Crippen molar-refractivity contribution in [2.45, 2.75) is 52.2 Å². The van der Waals surface area contributed by atoms with Crippen LogP contribution >= 0.6 is 0 Å². The lowest BCUT2D eigenvalue weighted by atomic mass is 9.99. The van der Waals surface area contributed by atoms with Crippen LogP contribution < -0.4 is 5.32 Å². The maximum Gasteiger partial charge on any atom is 0.241 e. The van der Waals surface area contributed by atoms with Crippen molar-refractivity contribution in [3.63, 3.8) is 0 Å². The van der Waals surface area contributed by atoms with Gasteiger partial charge in [0.1, 0.15) is 0 Å². The van der Waals surface area contributed by atoms with Gasteiger partial charge in [0.15, 0.2) is 0 Å². The monoisotopic (exact) mass is 297 g/mol. The van der Waals surface area contributed by atoms with Crippen molar-refractivity contribution in [3.8, 4) is 0 Å². The summed E-state index contributed by atoms with van der Waals surface area (Å²) >= 11 is 0. The van der Waals surface area contributed by atoms with Crippen LogP contribution in [0, 0.1) is 5.92 Å². The molecule has 3 unspecified atom stereocenters. The van der Waals surface area contributed by atoms with Crippen LogP contribution in [-0.4, -0.2) is 67.3 Å². The molecule has 1 N–H and O–H groups in total. The van der Waals surface area contributed by atoms with Crippen molar-refractivity contribution in [1.82, 2.24) is 15.1 Å². The first-order valence-electron chi connectivity index (χ1n) is 8.54. The molecular formula is C16H31N3O2. The molecule has 2 aliphatic rings. The van der Waals surface area contributed by atoms with Gasteiger partial charge in [-0.2, -0.15) is 0 Å². The molecule has 1 amide bonds. The number of ether oxygens (including phenoxy) is 1. The highest BCUT2D eigenvalue weighted by atomic mass is 16.5. The third-order valence-corrected chi connectivity index (χ3v) is 4.87. The third-order valence-electron chi connectivity index (χ3n) is 4.87. The Morgan fingerprint density at radius 3 is 2.62 bits per heavy atom. The predicted octanol–water partition coefficient (Wildman–Crippen LogP) is 1.29. The normalized spacial score (nSPS) is 29.1. The smallest absolute Gasteiger partial charge is 0.241 e. The maximum atomic E-state index is 12.6. The SMILES string of the molecule is CCC(C)C1NC(CC)N(CCCN2CCOCC2)C1=O.